The standard InChI is InChI=1S/C52H34N2/c1-3-11-35(12-4-1)37-20-24-40(25-21-37)47-33-49-48(41-28-26-39(27-29-41)44-19-9-15-43-16-10-32-53-51(43)44)34-50(54-52(49)46-18-8-7-17-45(46)47)42-30-22-38(23-31-42)36-13-5-2-6-14-36/h1-34H. The van der Waals surface area contributed by atoms with Gasteiger partial charge < -0.3 is 0 Å². The number of hydrogen-bond acceptors (Lipinski definition) is 2. The zero-order chi connectivity index (χ0) is 35.8. The molecule has 0 unspecified atom stereocenters. The fourth-order valence-corrected chi connectivity index (χ4v) is 7.78. The highest BCUT2D eigenvalue weighted by Gasteiger charge is 2.17. The molecule has 0 bridgehead atoms. The molecular weight excluding hydrogens is 653 g/mol. The third kappa shape index (κ3) is 5.71. The summed E-state index contributed by atoms with van der Waals surface area (Å²) in [5.74, 6) is 0. The van der Waals surface area contributed by atoms with Crippen molar-refractivity contribution in [3.63, 3.8) is 0 Å². The second kappa shape index (κ2) is 13.4. The monoisotopic (exact) mass is 686 g/mol. The smallest absolute Gasteiger partial charge is 0.0794 e. The summed E-state index contributed by atoms with van der Waals surface area (Å²) in [6.07, 6.45) is 1.87. The van der Waals surface area contributed by atoms with Crippen molar-refractivity contribution in [2.45, 2.75) is 0 Å². The molecule has 0 saturated heterocycles. The Kier molecular flexibility index (Phi) is 7.85. The van der Waals surface area contributed by atoms with Crippen molar-refractivity contribution < 1.29 is 0 Å². The summed E-state index contributed by atoms with van der Waals surface area (Å²) < 4.78 is 0. The van der Waals surface area contributed by atoms with E-state index < -0.39 is 0 Å². The molecule has 2 heteroatoms. The van der Waals surface area contributed by atoms with Crippen LogP contribution in [0.1, 0.15) is 0 Å². The van der Waals surface area contributed by atoms with Crippen LogP contribution >= 0.6 is 0 Å². The predicted molar refractivity (Wildman–Crippen MR) is 227 cm³/mol. The molecule has 2 nitrogen and oxygen atoms in total. The van der Waals surface area contributed by atoms with E-state index in [-0.39, 0.29) is 0 Å². The molecule has 0 radical (unpaired) electrons. The number of para-hydroxylation sites is 1. The maximum atomic E-state index is 5.44. The van der Waals surface area contributed by atoms with Crippen molar-refractivity contribution in [2.75, 3.05) is 0 Å². The van der Waals surface area contributed by atoms with E-state index >= 15 is 0 Å². The highest BCUT2D eigenvalue weighted by atomic mass is 14.7. The quantitative estimate of drug-likeness (QED) is 0.163. The second-order valence-electron chi connectivity index (χ2n) is 13.8. The van der Waals surface area contributed by atoms with Crippen molar-refractivity contribution in [1.29, 1.82) is 0 Å². The van der Waals surface area contributed by atoms with Crippen LogP contribution in [0.25, 0.3) is 99.5 Å². The fraction of sp³-hybridized carbons (Fsp3) is 0. The number of hydrogen-bond donors (Lipinski definition) is 0. The topological polar surface area (TPSA) is 25.8 Å². The molecule has 2 heterocycles. The Balaban J connectivity index is 1.16. The zero-order valence-corrected chi connectivity index (χ0v) is 29.5. The number of aromatic nitrogens is 2. The Labute approximate surface area is 314 Å². The first-order chi connectivity index (χ1) is 26.8. The van der Waals surface area contributed by atoms with Crippen molar-refractivity contribution in [3.8, 4) is 66.9 Å². The van der Waals surface area contributed by atoms with E-state index in [1.165, 1.54) is 38.8 Å². The average molecular weight is 687 g/mol. The lowest BCUT2D eigenvalue weighted by Crippen LogP contribution is -1.94. The number of rotatable bonds is 6. The van der Waals surface area contributed by atoms with Gasteiger partial charge in [-0.05, 0) is 73.7 Å². The Bertz CT molecular complexity index is 2930. The van der Waals surface area contributed by atoms with Gasteiger partial charge in [0, 0.05) is 33.5 Å². The third-order valence-electron chi connectivity index (χ3n) is 10.6. The zero-order valence-electron chi connectivity index (χ0n) is 29.5. The molecule has 0 aliphatic rings. The van der Waals surface area contributed by atoms with E-state index in [1.807, 2.05) is 12.3 Å². The van der Waals surface area contributed by atoms with E-state index in [0.29, 0.717) is 0 Å². The summed E-state index contributed by atoms with van der Waals surface area (Å²) in [5, 5.41) is 4.59. The summed E-state index contributed by atoms with van der Waals surface area (Å²) in [7, 11) is 0. The van der Waals surface area contributed by atoms with Gasteiger partial charge in [-0.1, -0.05) is 182 Å². The van der Waals surface area contributed by atoms with Gasteiger partial charge in [-0.3, -0.25) is 4.98 Å². The number of benzene rings is 8. The second-order valence-corrected chi connectivity index (χ2v) is 13.8. The maximum absolute atomic E-state index is 5.44. The van der Waals surface area contributed by atoms with Gasteiger partial charge in [0.15, 0.2) is 0 Å². The van der Waals surface area contributed by atoms with Crippen LogP contribution in [0.15, 0.2) is 206 Å². The molecule has 8 aromatic carbocycles. The molecule has 10 aromatic rings. The first-order valence-corrected chi connectivity index (χ1v) is 18.4. The van der Waals surface area contributed by atoms with Crippen LogP contribution < -0.4 is 0 Å². The Morgan fingerprint density at radius 3 is 1.39 bits per heavy atom. The lowest BCUT2D eigenvalue weighted by Gasteiger charge is -2.16. The SMILES string of the molecule is c1ccc(-c2ccc(-c3cc(-c4ccc(-c5cccc6cccnc56)cc4)c4cc(-c5ccc(-c6ccccc6)cc5)c5ccccc5c4n3)cc2)cc1. The highest BCUT2D eigenvalue weighted by Crippen LogP contribution is 2.41. The van der Waals surface area contributed by atoms with Gasteiger partial charge in [-0.15, -0.1) is 0 Å². The molecule has 0 saturated carbocycles. The molecular formula is C52H34N2. The number of fused-ring (bicyclic) bond motifs is 4. The van der Waals surface area contributed by atoms with Crippen LogP contribution in [0, 0.1) is 0 Å². The molecule has 2 aromatic heterocycles. The van der Waals surface area contributed by atoms with Crippen LogP contribution in [0.4, 0.5) is 0 Å². The van der Waals surface area contributed by atoms with Gasteiger partial charge in [0.05, 0.1) is 16.7 Å². The van der Waals surface area contributed by atoms with E-state index in [9.17, 15) is 0 Å². The van der Waals surface area contributed by atoms with E-state index in [0.717, 1.165) is 60.7 Å². The van der Waals surface area contributed by atoms with Crippen LogP contribution in [0.2, 0.25) is 0 Å². The van der Waals surface area contributed by atoms with E-state index in [2.05, 4.69) is 194 Å². The summed E-state index contributed by atoms with van der Waals surface area (Å²) in [6.45, 7) is 0. The minimum absolute atomic E-state index is 0.949. The van der Waals surface area contributed by atoms with Gasteiger partial charge in [0.2, 0.25) is 0 Å². The Morgan fingerprint density at radius 2 is 0.759 bits per heavy atom. The first kappa shape index (κ1) is 31.6. The average Bonchev–Trinajstić information content (AvgIpc) is 3.26. The molecule has 0 fully saturated rings. The molecule has 0 amide bonds. The summed E-state index contributed by atoms with van der Waals surface area (Å²) in [4.78, 5) is 10.2. The summed E-state index contributed by atoms with van der Waals surface area (Å²) in [5.41, 5.74) is 15.8. The van der Waals surface area contributed by atoms with Crippen LogP contribution in [0.5, 0.6) is 0 Å². The highest BCUT2D eigenvalue weighted by molar-refractivity contribution is 6.16. The number of nitrogens with zero attached hydrogens (tertiary/aromatic N) is 2. The minimum atomic E-state index is 0.949. The van der Waals surface area contributed by atoms with Crippen LogP contribution in [0.3, 0.4) is 0 Å². The third-order valence-corrected chi connectivity index (χ3v) is 10.6. The molecule has 54 heavy (non-hydrogen) atoms. The van der Waals surface area contributed by atoms with E-state index in [1.54, 1.807) is 0 Å². The molecule has 10 rings (SSSR count). The van der Waals surface area contributed by atoms with Gasteiger partial charge in [-0.25, -0.2) is 4.98 Å². The van der Waals surface area contributed by atoms with Crippen LogP contribution in [-0.4, -0.2) is 9.97 Å². The van der Waals surface area contributed by atoms with Gasteiger partial charge in [0.1, 0.15) is 0 Å². The van der Waals surface area contributed by atoms with Crippen molar-refractivity contribution in [1.82, 2.24) is 9.97 Å². The number of pyridine rings is 2. The van der Waals surface area contributed by atoms with Crippen molar-refractivity contribution >= 4 is 32.6 Å². The lowest BCUT2D eigenvalue weighted by molar-refractivity contribution is 1.40. The fourth-order valence-electron chi connectivity index (χ4n) is 7.78. The lowest BCUT2D eigenvalue weighted by atomic mass is 9.90. The molecule has 0 aliphatic heterocycles. The summed E-state index contributed by atoms with van der Waals surface area (Å²) in [6, 6.07) is 71.6. The predicted octanol–water partition coefficient (Wildman–Crippen LogP) is 13.9. The molecule has 0 spiro atoms. The minimum Gasteiger partial charge on any atom is -0.256 e. The van der Waals surface area contributed by atoms with Gasteiger partial charge in [-0.2, -0.15) is 0 Å². The summed E-state index contributed by atoms with van der Waals surface area (Å²) >= 11 is 0. The van der Waals surface area contributed by atoms with Crippen molar-refractivity contribution in [2.24, 2.45) is 0 Å². The van der Waals surface area contributed by atoms with Crippen LogP contribution in [-0.2, 0) is 0 Å². The Morgan fingerprint density at radius 1 is 0.278 bits per heavy atom. The molecule has 0 atom stereocenters. The van der Waals surface area contributed by atoms with Gasteiger partial charge in [0.25, 0.3) is 0 Å². The largest absolute Gasteiger partial charge is 0.256 e. The van der Waals surface area contributed by atoms with Crippen molar-refractivity contribution in [3.05, 3.63) is 206 Å². The Hall–Kier alpha value is -7.16. The maximum Gasteiger partial charge on any atom is 0.0794 e. The van der Waals surface area contributed by atoms with Gasteiger partial charge >= 0.3 is 0 Å². The van der Waals surface area contributed by atoms with E-state index in [4.69, 9.17) is 9.97 Å². The normalized spacial score (nSPS) is 11.3. The molecule has 0 N–H and O–H groups in total. The molecule has 252 valence electrons. The molecule has 0 aliphatic carbocycles. The first-order valence-electron chi connectivity index (χ1n) is 18.4.